The van der Waals surface area contributed by atoms with Crippen molar-refractivity contribution in [1.29, 1.82) is 0 Å². The van der Waals surface area contributed by atoms with Gasteiger partial charge in [-0.25, -0.2) is 0 Å². The quantitative estimate of drug-likeness (QED) is 0.728. The van der Waals surface area contributed by atoms with Crippen molar-refractivity contribution in [2.75, 3.05) is 7.11 Å². The molecule has 3 nitrogen and oxygen atoms in total. The number of ether oxygens (including phenoxy) is 1. The third kappa shape index (κ3) is 1.94. The van der Waals surface area contributed by atoms with E-state index in [-0.39, 0.29) is 5.78 Å². The largest absolute Gasteiger partial charge is 0.497 e. The second-order valence-corrected chi connectivity index (χ2v) is 5.27. The van der Waals surface area contributed by atoms with E-state index >= 15 is 0 Å². The van der Waals surface area contributed by atoms with Crippen molar-refractivity contribution in [3.63, 3.8) is 0 Å². The number of aromatic amines is 1. The highest BCUT2D eigenvalue weighted by Gasteiger charge is 2.17. The molecular formula is C15H13NO2S. The fourth-order valence-electron chi connectivity index (χ4n) is 2.27. The maximum absolute atomic E-state index is 12.0. The lowest BCUT2D eigenvalue weighted by Crippen LogP contribution is -1.93. The molecule has 3 rings (SSSR count). The summed E-state index contributed by atoms with van der Waals surface area (Å²) in [6.45, 7) is 1.60. The van der Waals surface area contributed by atoms with Crippen LogP contribution in [0.1, 0.15) is 17.3 Å². The Bertz CT molecular complexity index is 741. The van der Waals surface area contributed by atoms with Crippen LogP contribution in [-0.4, -0.2) is 17.9 Å². The Labute approximate surface area is 114 Å². The minimum atomic E-state index is 0.0582. The highest BCUT2D eigenvalue weighted by Crippen LogP contribution is 2.34. The van der Waals surface area contributed by atoms with Crippen LogP contribution in [0.4, 0.5) is 0 Å². The number of carbonyl (C=O) groups excluding carboxylic acids is 1. The molecule has 0 fully saturated rings. The van der Waals surface area contributed by atoms with Crippen molar-refractivity contribution in [3.8, 4) is 16.3 Å². The summed E-state index contributed by atoms with van der Waals surface area (Å²) in [6, 6.07) is 9.73. The van der Waals surface area contributed by atoms with Crippen molar-refractivity contribution in [1.82, 2.24) is 4.98 Å². The smallest absolute Gasteiger partial charge is 0.162 e. The molecule has 4 heteroatoms. The van der Waals surface area contributed by atoms with E-state index in [1.807, 2.05) is 35.7 Å². The average Bonchev–Trinajstić information content (AvgIpc) is 3.04. The van der Waals surface area contributed by atoms with E-state index in [0.29, 0.717) is 0 Å². The number of rotatable bonds is 3. The number of thiophene rings is 1. The number of hydrogen-bond acceptors (Lipinski definition) is 3. The summed E-state index contributed by atoms with van der Waals surface area (Å²) in [4.78, 5) is 16.4. The molecule has 2 heterocycles. The number of carbonyl (C=O) groups is 1. The molecule has 19 heavy (non-hydrogen) atoms. The van der Waals surface area contributed by atoms with E-state index in [0.717, 1.165) is 32.8 Å². The highest BCUT2D eigenvalue weighted by atomic mass is 32.1. The zero-order valence-corrected chi connectivity index (χ0v) is 11.5. The summed E-state index contributed by atoms with van der Waals surface area (Å²) in [5, 5.41) is 2.92. The number of H-pyrrole nitrogens is 1. The lowest BCUT2D eigenvalue weighted by Gasteiger charge is -2.00. The summed E-state index contributed by atoms with van der Waals surface area (Å²) >= 11 is 1.62. The third-order valence-electron chi connectivity index (χ3n) is 3.13. The Hall–Kier alpha value is -2.07. The molecule has 2 aromatic heterocycles. The van der Waals surface area contributed by atoms with Gasteiger partial charge in [0.25, 0.3) is 0 Å². The van der Waals surface area contributed by atoms with Crippen LogP contribution in [0.3, 0.4) is 0 Å². The minimum absolute atomic E-state index is 0.0582. The van der Waals surface area contributed by atoms with Gasteiger partial charge in [0.2, 0.25) is 0 Å². The van der Waals surface area contributed by atoms with Crippen LogP contribution in [0.25, 0.3) is 21.5 Å². The van der Waals surface area contributed by atoms with Gasteiger partial charge in [-0.05, 0) is 36.6 Å². The second-order valence-electron chi connectivity index (χ2n) is 4.32. The predicted molar refractivity (Wildman–Crippen MR) is 78.2 cm³/mol. The number of hydrogen-bond donors (Lipinski definition) is 1. The number of nitrogens with one attached hydrogen (secondary N) is 1. The standard InChI is InChI=1S/C15H13NO2S/c1-9(17)14-11-8-10(18-2)5-6-12(11)16-15(14)13-4-3-7-19-13/h3-8,16H,1-2H3. The maximum atomic E-state index is 12.0. The zero-order chi connectivity index (χ0) is 13.4. The number of Topliss-reactive ketones (excluding diaryl/α,β-unsaturated/α-hetero) is 1. The van der Waals surface area contributed by atoms with Gasteiger partial charge in [0.15, 0.2) is 5.78 Å². The highest BCUT2D eigenvalue weighted by molar-refractivity contribution is 7.13. The first-order chi connectivity index (χ1) is 9.20. The van der Waals surface area contributed by atoms with Gasteiger partial charge in [-0.3, -0.25) is 4.79 Å². The van der Waals surface area contributed by atoms with Crippen LogP contribution in [-0.2, 0) is 0 Å². The Kier molecular flexibility index (Phi) is 2.87. The topological polar surface area (TPSA) is 42.1 Å². The summed E-state index contributed by atoms with van der Waals surface area (Å²) in [7, 11) is 1.63. The summed E-state index contributed by atoms with van der Waals surface area (Å²) in [5.74, 6) is 0.814. The normalized spacial score (nSPS) is 10.8. The fraction of sp³-hybridized carbons (Fsp3) is 0.133. The molecular weight excluding hydrogens is 258 g/mol. The molecule has 0 spiro atoms. The van der Waals surface area contributed by atoms with E-state index in [9.17, 15) is 4.79 Å². The molecule has 0 bridgehead atoms. The van der Waals surface area contributed by atoms with Gasteiger partial charge in [-0.2, -0.15) is 0 Å². The molecule has 0 saturated carbocycles. The van der Waals surface area contributed by atoms with Crippen molar-refractivity contribution in [2.45, 2.75) is 6.92 Å². The van der Waals surface area contributed by atoms with E-state index in [1.165, 1.54) is 0 Å². The van der Waals surface area contributed by atoms with Gasteiger partial charge in [0.05, 0.1) is 23.2 Å². The SMILES string of the molecule is COc1ccc2[nH]c(-c3cccs3)c(C(C)=O)c2c1. The van der Waals surface area contributed by atoms with Gasteiger partial charge in [-0.1, -0.05) is 6.07 Å². The molecule has 0 radical (unpaired) electrons. The number of methoxy groups -OCH3 is 1. The van der Waals surface area contributed by atoms with Crippen LogP contribution in [0.15, 0.2) is 35.7 Å². The lowest BCUT2D eigenvalue weighted by molar-refractivity contribution is 0.102. The van der Waals surface area contributed by atoms with Gasteiger partial charge in [0.1, 0.15) is 5.75 Å². The van der Waals surface area contributed by atoms with Crippen LogP contribution < -0.4 is 4.74 Å². The van der Waals surface area contributed by atoms with E-state index in [4.69, 9.17) is 4.74 Å². The van der Waals surface area contributed by atoms with Gasteiger partial charge < -0.3 is 9.72 Å². The van der Waals surface area contributed by atoms with E-state index < -0.39 is 0 Å². The summed E-state index contributed by atoms with van der Waals surface area (Å²) in [6.07, 6.45) is 0. The number of aromatic nitrogens is 1. The van der Waals surface area contributed by atoms with Crippen molar-refractivity contribution >= 4 is 28.0 Å². The van der Waals surface area contributed by atoms with Gasteiger partial charge in [-0.15, -0.1) is 11.3 Å². The fourth-order valence-corrected chi connectivity index (χ4v) is 3.00. The maximum Gasteiger partial charge on any atom is 0.162 e. The molecule has 1 N–H and O–H groups in total. The zero-order valence-electron chi connectivity index (χ0n) is 10.7. The molecule has 0 unspecified atom stereocenters. The van der Waals surface area contributed by atoms with Gasteiger partial charge in [0, 0.05) is 10.9 Å². The average molecular weight is 271 g/mol. The molecule has 0 atom stereocenters. The lowest BCUT2D eigenvalue weighted by atomic mass is 10.1. The van der Waals surface area contributed by atoms with Crippen LogP contribution in [0.5, 0.6) is 5.75 Å². The Morgan fingerprint density at radius 2 is 2.16 bits per heavy atom. The molecule has 1 aromatic carbocycles. The molecule has 96 valence electrons. The van der Waals surface area contributed by atoms with Crippen LogP contribution >= 0.6 is 11.3 Å². The molecule has 0 aliphatic carbocycles. The number of benzene rings is 1. The summed E-state index contributed by atoms with van der Waals surface area (Å²) < 4.78 is 5.23. The molecule has 0 aliphatic heterocycles. The molecule has 0 aliphatic rings. The first-order valence-corrected chi connectivity index (χ1v) is 6.83. The Balaban J connectivity index is 2.34. The van der Waals surface area contributed by atoms with Crippen molar-refractivity contribution in [3.05, 3.63) is 41.3 Å². The minimum Gasteiger partial charge on any atom is -0.497 e. The van der Waals surface area contributed by atoms with E-state index in [2.05, 4.69) is 4.98 Å². The Morgan fingerprint density at radius 1 is 1.32 bits per heavy atom. The van der Waals surface area contributed by atoms with E-state index in [1.54, 1.807) is 25.4 Å². The third-order valence-corrected chi connectivity index (χ3v) is 4.01. The molecule has 0 saturated heterocycles. The first kappa shape index (κ1) is 12.0. The summed E-state index contributed by atoms with van der Waals surface area (Å²) in [5.41, 5.74) is 2.58. The number of ketones is 1. The molecule has 3 aromatic rings. The molecule has 0 amide bonds. The van der Waals surface area contributed by atoms with Crippen molar-refractivity contribution < 1.29 is 9.53 Å². The first-order valence-electron chi connectivity index (χ1n) is 5.95. The van der Waals surface area contributed by atoms with Crippen molar-refractivity contribution in [2.24, 2.45) is 0 Å². The second kappa shape index (κ2) is 4.55. The van der Waals surface area contributed by atoms with Gasteiger partial charge >= 0.3 is 0 Å². The van der Waals surface area contributed by atoms with Crippen LogP contribution in [0, 0.1) is 0 Å². The number of fused-ring (bicyclic) bond motifs is 1. The Morgan fingerprint density at radius 3 is 2.79 bits per heavy atom. The monoisotopic (exact) mass is 271 g/mol. The predicted octanol–water partition coefficient (Wildman–Crippen LogP) is 4.11. The van der Waals surface area contributed by atoms with Crippen LogP contribution in [0.2, 0.25) is 0 Å².